The predicted octanol–water partition coefficient (Wildman–Crippen LogP) is 6.68. The Morgan fingerprint density at radius 2 is 1.84 bits per heavy atom. The molecule has 1 atom stereocenters. The second kappa shape index (κ2) is 10.1. The number of anilines is 2. The van der Waals surface area contributed by atoms with Crippen LogP contribution >= 0.6 is 0 Å². The molecule has 3 heterocycles. The van der Waals surface area contributed by atoms with E-state index in [2.05, 4.69) is 81.7 Å². The first kappa shape index (κ1) is 26.9. The molecular formula is C34H33N9. The second-order valence-corrected chi connectivity index (χ2v) is 13.1. The Morgan fingerprint density at radius 3 is 2.56 bits per heavy atom. The van der Waals surface area contributed by atoms with Gasteiger partial charge in [-0.15, -0.1) is 5.10 Å². The Hall–Kier alpha value is -5.02. The van der Waals surface area contributed by atoms with Crippen molar-refractivity contribution in [3.8, 4) is 12.1 Å². The van der Waals surface area contributed by atoms with E-state index in [1.165, 1.54) is 12.8 Å². The number of rotatable bonds is 8. The first-order valence-corrected chi connectivity index (χ1v) is 14.8. The predicted molar refractivity (Wildman–Crippen MR) is 166 cm³/mol. The molecule has 0 aliphatic heterocycles. The monoisotopic (exact) mass is 567 g/mol. The van der Waals surface area contributed by atoms with E-state index in [4.69, 9.17) is 5.10 Å². The van der Waals surface area contributed by atoms with E-state index in [0.717, 1.165) is 46.1 Å². The van der Waals surface area contributed by atoms with Crippen LogP contribution in [0.15, 0.2) is 61.1 Å². The standard InChI is InChI=1S/C34H33N9/c1-33(2,3)20-39-31-22(17-36)18-38-30-21(16-35)14-24(15-27(30)31)40-32(26-6-4-8-28-25(26)7-5-13-37-28)29-19-43(42-41-29)34(11-12-34)23-9-10-23/h4-8,13-15,18-19,23,32,40H,9-12,20H2,1-3H3,(H,38,39). The van der Waals surface area contributed by atoms with Crippen molar-refractivity contribution in [2.45, 2.75) is 58.0 Å². The van der Waals surface area contributed by atoms with Crippen LogP contribution in [0, 0.1) is 34.0 Å². The Kier molecular flexibility index (Phi) is 6.28. The summed E-state index contributed by atoms with van der Waals surface area (Å²) in [5.74, 6) is 0.690. The molecule has 2 saturated carbocycles. The lowest BCUT2D eigenvalue weighted by Crippen LogP contribution is -2.20. The summed E-state index contributed by atoms with van der Waals surface area (Å²) < 4.78 is 2.09. The highest BCUT2D eigenvalue weighted by Gasteiger charge is 2.56. The molecule has 9 nitrogen and oxygen atoms in total. The summed E-state index contributed by atoms with van der Waals surface area (Å²) in [6.07, 6.45) is 10.2. The third-order valence-electron chi connectivity index (χ3n) is 8.67. The zero-order chi connectivity index (χ0) is 29.8. The van der Waals surface area contributed by atoms with Gasteiger partial charge in [-0.05, 0) is 66.8 Å². The van der Waals surface area contributed by atoms with Crippen molar-refractivity contribution >= 4 is 33.2 Å². The Labute approximate surface area is 250 Å². The van der Waals surface area contributed by atoms with Gasteiger partial charge in [0.2, 0.25) is 0 Å². The maximum atomic E-state index is 10.2. The summed E-state index contributed by atoms with van der Waals surface area (Å²) in [4.78, 5) is 9.11. The van der Waals surface area contributed by atoms with Crippen LogP contribution in [0.4, 0.5) is 11.4 Å². The Morgan fingerprint density at radius 1 is 1.02 bits per heavy atom. The van der Waals surface area contributed by atoms with E-state index < -0.39 is 0 Å². The molecule has 9 heteroatoms. The topological polar surface area (TPSA) is 128 Å². The van der Waals surface area contributed by atoms with Crippen molar-refractivity contribution in [1.29, 1.82) is 10.5 Å². The smallest absolute Gasteiger partial charge is 0.110 e. The number of nitrogens with zero attached hydrogens (tertiary/aromatic N) is 7. The van der Waals surface area contributed by atoms with Crippen LogP contribution in [0.5, 0.6) is 0 Å². The highest BCUT2D eigenvalue weighted by Crippen LogP contribution is 2.59. The lowest BCUT2D eigenvalue weighted by atomic mass is 9.96. The Balaban J connectivity index is 1.36. The molecule has 2 aliphatic carbocycles. The van der Waals surface area contributed by atoms with Gasteiger partial charge >= 0.3 is 0 Å². The average molecular weight is 568 g/mol. The number of aromatic nitrogens is 5. The molecular weight excluding hydrogens is 534 g/mol. The van der Waals surface area contributed by atoms with Gasteiger partial charge in [-0.3, -0.25) is 9.97 Å². The molecule has 2 N–H and O–H groups in total. The molecule has 0 saturated heterocycles. The number of pyridine rings is 2. The van der Waals surface area contributed by atoms with E-state index in [-0.39, 0.29) is 17.0 Å². The minimum Gasteiger partial charge on any atom is -0.383 e. The number of nitrogens with one attached hydrogen (secondary N) is 2. The summed E-state index contributed by atoms with van der Waals surface area (Å²) in [5, 5.41) is 38.4. The zero-order valence-electron chi connectivity index (χ0n) is 24.6. The third kappa shape index (κ3) is 4.91. The number of benzene rings is 2. The van der Waals surface area contributed by atoms with Gasteiger partial charge < -0.3 is 10.6 Å². The molecule has 0 amide bonds. The van der Waals surface area contributed by atoms with Crippen molar-refractivity contribution < 1.29 is 0 Å². The fourth-order valence-corrected chi connectivity index (χ4v) is 6.16. The van der Waals surface area contributed by atoms with Gasteiger partial charge in [-0.25, -0.2) is 4.68 Å². The maximum absolute atomic E-state index is 10.2. The molecule has 1 unspecified atom stereocenters. The zero-order valence-corrected chi connectivity index (χ0v) is 24.6. The number of hydrogen-bond acceptors (Lipinski definition) is 8. The molecule has 0 radical (unpaired) electrons. The SMILES string of the molecule is CC(C)(C)CNc1c(C#N)cnc2c(C#N)cc(NC(c3cn(C4(C5CC5)CC4)nn3)c3cccc4ncccc34)cc12. The fourth-order valence-electron chi connectivity index (χ4n) is 6.16. The molecule has 3 aromatic heterocycles. The van der Waals surface area contributed by atoms with Crippen molar-refractivity contribution in [2.75, 3.05) is 17.2 Å². The van der Waals surface area contributed by atoms with Gasteiger partial charge in [0, 0.05) is 35.4 Å². The van der Waals surface area contributed by atoms with Gasteiger partial charge in [-0.2, -0.15) is 10.5 Å². The van der Waals surface area contributed by atoms with Gasteiger partial charge in [0.1, 0.15) is 17.8 Å². The summed E-state index contributed by atoms with van der Waals surface area (Å²) in [6.45, 7) is 7.05. The average Bonchev–Trinajstić information content (AvgIpc) is 3.95. The minimum absolute atomic E-state index is 0.0189. The van der Waals surface area contributed by atoms with Crippen molar-refractivity contribution in [3.63, 3.8) is 0 Å². The first-order chi connectivity index (χ1) is 20.8. The van der Waals surface area contributed by atoms with Crippen LogP contribution in [0.2, 0.25) is 0 Å². The van der Waals surface area contributed by atoms with Gasteiger partial charge in [0.05, 0.1) is 45.6 Å². The number of hydrogen-bond donors (Lipinski definition) is 2. The molecule has 2 aliphatic rings. The highest BCUT2D eigenvalue weighted by atomic mass is 15.5. The lowest BCUT2D eigenvalue weighted by molar-refractivity contribution is 0.371. The Bertz CT molecular complexity index is 1940. The second-order valence-electron chi connectivity index (χ2n) is 13.1. The molecule has 7 rings (SSSR count). The van der Waals surface area contributed by atoms with Gasteiger partial charge in [-0.1, -0.05) is 44.2 Å². The number of nitriles is 2. The minimum atomic E-state index is -0.362. The lowest BCUT2D eigenvalue weighted by Gasteiger charge is -2.23. The van der Waals surface area contributed by atoms with Crippen molar-refractivity contribution in [1.82, 2.24) is 25.0 Å². The van der Waals surface area contributed by atoms with Crippen LogP contribution in [-0.4, -0.2) is 31.5 Å². The summed E-state index contributed by atoms with van der Waals surface area (Å²) in [6, 6.07) is 18.2. The van der Waals surface area contributed by atoms with Gasteiger partial charge in [0.25, 0.3) is 0 Å². The van der Waals surface area contributed by atoms with Crippen LogP contribution in [-0.2, 0) is 5.54 Å². The third-order valence-corrected chi connectivity index (χ3v) is 8.67. The molecule has 2 fully saturated rings. The molecule has 2 aromatic carbocycles. The first-order valence-electron chi connectivity index (χ1n) is 14.8. The normalized spacial score (nSPS) is 16.4. The van der Waals surface area contributed by atoms with E-state index in [1.54, 1.807) is 12.4 Å². The van der Waals surface area contributed by atoms with E-state index >= 15 is 0 Å². The quantitative estimate of drug-likeness (QED) is 0.213. The van der Waals surface area contributed by atoms with Crippen molar-refractivity contribution in [3.05, 3.63) is 83.4 Å². The van der Waals surface area contributed by atoms with Crippen LogP contribution in [0.1, 0.15) is 74.9 Å². The van der Waals surface area contributed by atoms with Crippen LogP contribution in [0.3, 0.4) is 0 Å². The molecule has 43 heavy (non-hydrogen) atoms. The van der Waals surface area contributed by atoms with E-state index in [0.29, 0.717) is 34.8 Å². The molecule has 0 spiro atoms. The summed E-state index contributed by atoms with van der Waals surface area (Å²) >= 11 is 0. The highest BCUT2D eigenvalue weighted by molar-refractivity contribution is 5.99. The number of fused-ring (bicyclic) bond motifs is 2. The van der Waals surface area contributed by atoms with Crippen LogP contribution < -0.4 is 10.6 Å². The summed E-state index contributed by atoms with van der Waals surface area (Å²) in [5.41, 5.74) is 5.63. The largest absolute Gasteiger partial charge is 0.383 e. The van der Waals surface area contributed by atoms with Crippen molar-refractivity contribution in [2.24, 2.45) is 11.3 Å². The van der Waals surface area contributed by atoms with Gasteiger partial charge in [0.15, 0.2) is 0 Å². The van der Waals surface area contributed by atoms with Crippen LogP contribution in [0.25, 0.3) is 21.8 Å². The molecule has 5 aromatic rings. The van der Waals surface area contributed by atoms with E-state index in [1.807, 2.05) is 30.3 Å². The fraction of sp³-hybridized carbons (Fsp3) is 0.353. The van der Waals surface area contributed by atoms with E-state index in [9.17, 15) is 10.5 Å². The maximum Gasteiger partial charge on any atom is 0.110 e. The molecule has 214 valence electrons. The molecule has 0 bridgehead atoms. The summed E-state index contributed by atoms with van der Waals surface area (Å²) in [7, 11) is 0.